The van der Waals surface area contributed by atoms with E-state index in [1.165, 1.54) is 30.9 Å². The van der Waals surface area contributed by atoms with Gasteiger partial charge < -0.3 is 5.32 Å². The maximum atomic E-state index is 4.72. The largest absolute Gasteiger partial charge is 0.362 e. The molecule has 3 heteroatoms. The van der Waals surface area contributed by atoms with Crippen molar-refractivity contribution in [3.05, 3.63) is 0 Å². The number of amidine groups is 1. The highest BCUT2D eigenvalue weighted by atomic mass is 32.2. The third-order valence-corrected chi connectivity index (χ3v) is 5.74. The lowest BCUT2D eigenvalue weighted by atomic mass is 9.90. The first kappa shape index (κ1) is 15.2. The number of hydrogen-bond donors (Lipinski definition) is 1. The molecule has 0 aromatic heterocycles. The second-order valence-corrected chi connectivity index (χ2v) is 8.80. The predicted molar refractivity (Wildman–Crippen MR) is 86.9 cm³/mol. The summed E-state index contributed by atoms with van der Waals surface area (Å²) < 4.78 is 0. The Balaban J connectivity index is 1.79. The normalized spacial score (nSPS) is 35.5. The number of hydrogen-bond acceptors (Lipinski definition) is 3. The van der Waals surface area contributed by atoms with Gasteiger partial charge in [0, 0.05) is 11.3 Å². The van der Waals surface area contributed by atoms with Crippen molar-refractivity contribution in [2.24, 2.45) is 22.2 Å². The topological polar surface area (TPSA) is 24.4 Å². The Hall–Kier alpha value is -0.180. The van der Waals surface area contributed by atoms with Gasteiger partial charge in [-0.2, -0.15) is 0 Å². The smallest absolute Gasteiger partial charge is 0.157 e. The maximum Gasteiger partial charge on any atom is 0.157 e. The summed E-state index contributed by atoms with van der Waals surface area (Å²) in [5, 5.41) is 5.61. The minimum Gasteiger partial charge on any atom is -0.362 e. The van der Waals surface area contributed by atoms with E-state index in [0.29, 0.717) is 16.7 Å². The van der Waals surface area contributed by atoms with Crippen LogP contribution in [0.2, 0.25) is 0 Å². The lowest BCUT2D eigenvalue weighted by molar-refractivity contribution is 0.369. The van der Waals surface area contributed by atoms with Gasteiger partial charge in [-0.1, -0.05) is 52.8 Å². The maximum absolute atomic E-state index is 4.72. The van der Waals surface area contributed by atoms with Crippen LogP contribution in [0, 0.1) is 17.3 Å². The molecular weight excluding hydrogens is 252 g/mol. The Morgan fingerprint density at radius 2 is 2.05 bits per heavy atom. The van der Waals surface area contributed by atoms with E-state index >= 15 is 0 Å². The SMILES string of the molecule is CCC1CCC(NC2=NCC(CC(C)(C)C)S2)C1C. The Labute approximate surface area is 123 Å². The molecule has 0 radical (unpaired) electrons. The lowest BCUT2D eigenvalue weighted by Gasteiger charge is -2.23. The molecule has 19 heavy (non-hydrogen) atoms. The first-order chi connectivity index (χ1) is 8.89. The van der Waals surface area contributed by atoms with Gasteiger partial charge in [0.2, 0.25) is 0 Å². The van der Waals surface area contributed by atoms with Gasteiger partial charge in [0.1, 0.15) is 0 Å². The molecule has 1 aliphatic carbocycles. The zero-order chi connectivity index (χ0) is 14.0. The van der Waals surface area contributed by atoms with Gasteiger partial charge in [-0.3, -0.25) is 4.99 Å². The zero-order valence-electron chi connectivity index (χ0n) is 13.2. The Morgan fingerprint density at radius 3 is 2.63 bits per heavy atom. The number of rotatable bonds is 3. The standard InChI is InChI=1S/C16H30N2S/c1-6-12-7-8-14(11(12)2)18-15-17-10-13(19-15)9-16(3,4)5/h11-14H,6-10H2,1-5H3,(H,17,18). The van der Waals surface area contributed by atoms with Crippen molar-refractivity contribution in [2.75, 3.05) is 6.54 Å². The average Bonchev–Trinajstić information content (AvgIpc) is 2.86. The van der Waals surface area contributed by atoms with Crippen molar-refractivity contribution in [3.63, 3.8) is 0 Å². The van der Waals surface area contributed by atoms with Crippen molar-refractivity contribution in [1.82, 2.24) is 5.32 Å². The summed E-state index contributed by atoms with van der Waals surface area (Å²) >= 11 is 1.97. The van der Waals surface area contributed by atoms with E-state index < -0.39 is 0 Å². The van der Waals surface area contributed by atoms with Crippen LogP contribution in [0.3, 0.4) is 0 Å². The molecule has 0 aromatic rings. The predicted octanol–water partition coefficient (Wildman–Crippen LogP) is 4.31. The molecule has 0 saturated heterocycles. The fourth-order valence-corrected chi connectivity index (χ4v) is 4.89. The van der Waals surface area contributed by atoms with Crippen LogP contribution < -0.4 is 5.32 Å². The van der Waals surface area contributed by atoms with Gasteiger partial charge in [0.05, 0.1) is 6.54 Å². The van der Waals surface area contributed by atoms with Crippen LogP contribution in [0.5, 0.6) is 0 Å². The zero-order valence-corrected chi connectivity index (χ0v) is 14.0. The third kappa shape index (κ3) is 4.14. The molecule has 1 N–H and O–H groups in total. The van der Waals surface area contributed by atoms with E-state index in [9.17, 15) is 0 Å². The van der Waals surface area contributed by atoms with E-state index in [1.54, 1.807) is 0 Å². The molecule has 0 bridgehead atoms. The fraction of sp³-hybridized carbons (Fsp3) is 0.938. The number of aliphatic imine (C=N–C) groups is 1. The summed E-state index contributed by atoms with van der Waals surface area (Å²) in [4.78, 5) is 4.72. The summed E-state index contributed by atoms with van der Waals surface area (Å²) in [5.74, 6) is 1.71. The molecule has 2 rings (SSSR count). The van der Waals surface area contributed by atoms with Gasteiger partial charge in [-0.15, -0.1) is 0 Å². The van der Waals surface area contributed by atoms with Gasteiger partial charge in [0.25, 0.3) is 0 Å². The average molecular weight is 282 g/mol. The van der Waals surface area contributed by atoms with Gasteiger partial charge in [0.15, 0.2) is 5.17 Å². The van der Waals surface area contributed by atoms with E-state index in [4.69, 9.17) is 4.99 Å². The van der Waals surface area contributed by atoms with E-state index in [-0.39, 0.29) is 0 Å². The van der Waals surface area contributed by atoms with Gasteiger partial charge >= 0.3 is 0 Å². The molecule has 4 atom stereocenters. The second-order valence-electron chi connectivity index (χ2n) is 7.51. The minimum absolute atomic E-state index is 0.413. The molecular formula is C16H30N2S. The summed E-state index contributed by atoms with van der Waals surface area (Å²) in [7, 11) is 0. The molecule has 2 aliphatic rings. The lowest BCUT2D eigenvalue weighted by Crippen LogP contribution is -2.35. The highest BCUT2D eigenvalue weighted by Gasteiger charge is 2.33. The van der Waals surface area contributed by atoms with Gasteiger partial charge in [-0.25, -0.2) is 0 Å². The van der Waals surface area contributed by atoms with Crippen LogP contribution in [0.25, 0.3) is 0 Å². The van der Waals surface area contributed by atoms with Crippen LogP contribution in [-0.2, 0) is 0 Å². The van der Waals surface area contributed by atoms with E-state index in [2.05, 4.69) is 39.9 Å². The number of thioether (sulfide) groups is 1. The van der Waals surface area contributed by atoms with Crippen LogP contribution in [0.4, 0.5) is 0 Å². The fourth-order valence-electron chi connectivity index (χ4n) is 3.47. The van der Waals surface area contributed by atoms with Crippen molar-refractivity contribution in [2.45, 2.75) is 71.6 Å². The second kappa shape index (κ2) is 6.07. The molecule has 1 aliphatic heterocycles. The van der Waals surface area contributed by atoms with Crippen LogP contribution in [0.1, 0.15) is 60.3 Å². The molecule has 1 fully saturated rings. The quantitative estimate of drug-likeness (QED) is 0.834. The third-order valence-electron chi connectivity index (χ3n) is 4.62. The Kier molecular flexibility index (Phi) is 4.86. The summed E-state index contributed by atoms with van der Waals surface area (Å²) in [6, 6.07) is 0.657. The molecule has 2 nitrogen and oxygen atoms in total. The van der Waals surface area contributed by atoms with E-state index in [1.807, 2.05) is 11.8 Å². The molecule has 0 aromatic carbocycles. The van der Waals surface area contributed by atoms with Crippen LogP contribution in [-0.4, -0.2) is 23.0 Å². The van der Waals surface area contributed by atoms with Crippen molar-refractivity contribution < 1.29 is 0 Å². The molecule has 1 saturated carbocycles. The monoisotopic (exact) mass is 282 g/mol. The highest BCUT2D eigenvalue weighted by Crippen LogP contribution is 2.36. The first-order valence-electron chi connectivity index (χ1n) is 7.86. The van der Waals surface area contributed by atoms with E-state index in [0.717, 1.165) is 18.4 Å². The first-order valence-corrected chi connectivity index (χ1v) is 8.74. The van der Waals surface area contributed by atoms with Crippen molar-refractivity contribution >= 4 is 16.9 Å². The van der Waals surface area contributed by atoms with Crippen molar-refractivity contribution in [1.29, 1.82) is 0 Å². The summed E-state index contributed by atoms with van der Waals surface area (Å²) in [6.45, 7) is 12.7. The van der Waals surface area contributed by atoms with Crippen LogP contribution in [0.15, 0.2) is 4.99 Å². The Bertz CT molecular complexity index is 332. The summed E-state index contributed by atoms with van der Waals surface area (Å²) in [6.07, 6.45) is 5.29. The van der Waals surface area contributed by atoms with Crippen molar-refractivity contribution in [3.8, 4) is 0 Å². The minimum atomic E-state index is 0.413. The number of nitrogens with zero attached hydrogens (tertiary/aromatic N) is 1. The summed E-state index contributed by atoms with van der Waals surface area (Å²) in [5.41, 5.74) is 0.413. The molecule has 1 heterocycles. The molecule has 110 valence electrons. The molecule has 4 unspecified atom stereocenters. The molecule has 0 spiro atoms. The Morgan fingerprint density at radius 1 is 1.32 bits per heavy atom. The molecule has 0 amide bonds. The highest BCUT2D eigenvalue weighted by molar-refractivity contribution is 8.14. The van der Waals surface area contributed by atoms with Gasteiger partial charge in [-0.05, 0) is 36.5 Å². The number of nitrogens with one attached hydrogen (secondary N) is 1. The van der Waals surface area contributed by atoms with Crippen LogP contribution >= 0.6 is 11.8 Å².